The molecule has 0 bridgehead atoms. The summed E-state index contributed by atoms with van der Waals surface area (Å²) in [5.74, 6) is 0.979. The topological polar surface area (TPSA) is 3.24 Å². The normalized spacial score (nSPS) is 35.0. The van der Waals surface area contributed by atoms with E-state index in [9.17, 15) is 0 Å². The van der Waals surface area contributed by atoms with Gasteiger partial charge in [0.05, 0.1) is 0 Å². The van der Waals surface area contributed by atoms with Gasteiger partial charge in [0.2, 0.25) is 0 Å². The van der Waals surface area contributed by atoms with Crippen LogP contribution in [-0.4, -0.2) is 16.2 Å². The Hall–Kier alpha value is 0.690. The van der Waals surface area contributed by atoms with Crippen LogP contribution < -0.4 is 0 Å². The third-order valence-electron chi connectivity index (χ3n) is 3.60. The van der Waals surface area contributed by atoms with Gasteiger partial charge in [-0.1, -0.05) is 13.3 Å². The second-order valence-corrected chi connectivity index (χ2v) is 5.96. The van der Waals surface area contributed by atoms with Crippen LogP contribution in [0.5, 0.6) is 0 Å². The summed E-state index contributed by atoms with van der Waals surface area (Å²) in [7, 11) is 0. The Morgan fingerprint density at radius 3 is 2.75 bits per heavy atom. The Bertz CT molecular complexity index is 165. The molecule has 1 nitrogen and oxygen atoms in total. The molecule has 2 rings (SSSR count). The van der Waals surface area contributed by atoms with Crippen molar-refractivity contribution in [3.63, 3.8) is 0 Å². The van der Waals surface area contributed by atoms with Crippen LogP contribution in [0, 0.1) is 11.3 Å². The summed E-state index contributed by atoms with van der Waals surface area (Å²) < 4.78 is 2.50. The molecule has 0 aromatic rings. The van der Waals surface area contributed by atoms with Gasteiger partial charge in [-0.3, -0.25) is 0 Å². The van der Waals surface area contributed by atoms with Crippen LogP contribution >= 0.6 is 22.9 Å². The standard InChI is InChI=1S/C10H18IN/c1-2-9-7-10(3-4-10)5-6-12(11)8-9/h9H,2-8H2,1H3. The fraction of sp³-hybridized carbons (Fsp3) is 1.00. The molecule has 12 heavy (non-hydrogen) atoms. The van der Waals surface area contributed by atoms with Crippen LogP contribution in [0.4, 0.5) is 0 Å². The number of halogens is 1. The van der Waals surface area contributed by atoms with Gasteiger partial charge in [-0.25, -0.2) is 3.11 Å². The van der Waals surface area contributed by atoms with Crippen molar-refractivity contribution >= 4 is 22.9 Å². The van der Waals surface area contributed by atoms with E-state index in [-0.39, 0.29) is 0 Å². The molecule has 70 valence electrons. The van der Waals surface area contributed by atoms with Crippen molar-refractivity contribution in [2.45, 2.75) is 39.0 Å². The van der Waals surface area contributed by atoms with Gasteiger partial charge in [-0.2, -0.15) is 0 Å². The minimum Gasteiger partial charge on any atom is -0.247 e. The molecule has 1 unspecified atom stereocenters. The number of hydrogen-bond donors (Lipinski definition) is 0. The lowest BCUT2D eigenvalue weighted by Gasteiger charge is -2.17. The van der Waals surface area contributed by atoms with Gasteiger partial charge in [0.25, 0.3) is 0 Å². The highest BCUT2D eigenvalue weighted by Crippen LogP contribution is 2.55. The van der Waals surface area contributed by atoms with Crippen LogP contribution in [0.15, 0.2) is 0 Å². The molecule has 1 spiro atoms. The predicted octanol–water partition coefficient (Wildman–Crippen LogP) is 3.24. The molecule has 1 saturated heterocycles. The second kappa shape index (κ2) is 3.45. The average Bonchev–Trinajstić information content (AvgIpc) is 2.83. The molecule has 0 aromatic heterocycles. The van der Waals surface area contributed by atoms with Gasteiger partial charge in [-0.05, 0) is 37.0 Å². The molecule has 0 N–H and O–H groups in total. The van der Waals surface area contributed by atoms with E-state index in [1.807, 2.05) is 0 Å². The molecule has 1 heterocycles. The van der Waals surface area contributed by atoms with Crippen LogP contribution in [0.1, 0.15) is 39.0 Å². The summed E-state index contributed by atoms with van der Waals surface area (Å²) in [5, 5.41) is 0. The quantitative estimate of drug-likeness (QED) is 0.526. The maximum atomic E-state index is 2.50. The molecule has 1 aliphatic heterocycles. The molecule has 2 aliphatic rings. The van der Waals surface area contributed by atoms with Crippen molar-refractivity contribution < 1.29 is 0 Å². The summed E-state index contributed by atoms with van der Waals surface area (Å²) in [6, 6.07) is 0. The summed E-state index contributed by atoms with van der Waals surface area (Å²) in [6.45, 7) is 5.01. The fourth-order valence-electron chi connectivity index (χ4n) is 2.41. The first-order chi connectivity index (χ1) is 5.74. The monoisotopic (exact) mass is 279 g/mol. The maximum absolute atomic E-state index is 2.50. The zero-order valence-electron chi connectivity index (χ0n) is 7.85. The Morgan fingerprint density at radius 2 is 2.17 bits per heavy atom. The van der Waals surface area contributed by atoms with E-state index < -0.39 is 0 Å². The molecule has 0 radical (unpaired) electrons. The van der Waals surface area contributed by atoms with Crippen LogP contribution in [0.2, 0.25) is 0 Å². The Kier molecular flexibility index (Phi) is 2.66. The Morgan fingerprint density at radius 1 is 1.42 bits per heavy atom. The maximum Gasteiger partial charge on any atom is 0.0201 e. The molecule has 1 aliphatic carbocycles. The lowest BCUT2D eigenvalue weighted by molar-refractivity contribution is 0.357. The molecule has 1 atom stereocenters. The third-order valence-corrected chi connectivity index (χ3v) is 4.47. The highest BCUT2D eigenvalue weighted by molar-refractivity contribution is 14.1. The number of nitrogens with zero attached hydrogens (tertiary/aromatic N) is 1. The first-order valence-electron chi connectivity index (χ1n) is 5.15. The molecule has 2 heteroatoms. The first-order valence-corrected chi connectivity index (χ1v) is 6.11. The van der Waals surface area contributed by atoms with Gasteiger partial charge in [0.1, 0.15) is 0 Å². The van der Waals surface area contributed by atoms with E-state index >= 15 is 0 Å². The van der Waals surface area contributed by atoms with Crippen molar-refractivity contribution in [1.29, 1.82) is 0 Å². The van der Waals surface area contributed by atoms with Crippen molar-refractivity contribution in [1.82, 2.24) is 3.11 Å². The van der Waals surface area contributed by atoms with E-state index in [0.29, 0.717) is 0 Å². The summed E-state index contributed by atoms with van der Waals surface area (Å²) in [6.07, 6.45) is 7.40. The van der Waals surface area contributed by atoms with E-state index in [1.165, 1.54) is 45.2 Å². The highest BCUT2D eigenvalue weighted by Gasteiger charge is 2.44. The van der Waals surface area contributed by atoms with Gasteiger partial charge >= 0.3 is 0 Å². The molecule has 2 fully saturated rings. The smallest absolute Gasteiger partial charge is 0.0201 e. The van der Waals surface area contributed by atoms with Crippen molar-refractivity contribution in [2.24, 2.45) is 11.3 Å². The lowest BCUT2D eigenvalue weighted by Crippen LogP contribution is -2.17. The van der Waals surface area contributed by atoms with E-state index in [1.54, 1.807) is 0 Å². The van der Waals surface area contributed by atoms with Gasteiger partial charge in [-0.15, -0.1) is 0 Å². The van der Waals surface area contributed by atoms with Gasteiger partial charge < -0.3 is 0 Å². The average molecular weight is 279 g/mol. The summed E-state index contributed by atoms with van der Waals surface area (Å²) in [5.41, 5.74) is 0.820. The zero-order valence-corrected chi connectivity index (χ0v) is 10.0. The first kappa shape index (κ1) is 9.25. The van der Waals surface area contributed by atoms with E-state index in [2.05, 4.69) is 32.9 Å². The molecular formula is C10H18IN. The molecule has 1 saturated carbocycles. The van der Waals surface area contributed by atoms with Crippen LogP contribution in [0.3, 0.4) is 0 Å². The van der Waals surface area contributed by atoms with Crippen LogP contribution in [0.25, 0.3) is 0 Å². The molecule has 0 amide bonds. The van der Waals surface area contributed by atoms with Gasteiger partial charge in [0.15, 0.2) is 0 Å². The van der Waals surface area contributed by atoms with Crippen molar-refractivity contribution in [3.05, 3.63) is 0 Å². The molecular weight excluding hydrogens is 261 g/mol. The largest absolute Gasteiger partial charge is 0.247 e. The van der Waals surface area contributed by atoms with Crippen LogP contribution in [-0.2, 0) is 0 Å². The lowest BCUT2D eigenvalue weighted by atomic mass is 9.89. The predicted molar refractivity (Wildman–Crippen MR) is 60.3 cm³/mol. The Balaban J connectivity index is 1.98. The van der Waals surface area contributed by atoms with E-state index in [0.717, 1.165) is 11.3 Å². The highest BCUT2D eigenvalue weighted by atomic mass is 127. The minimum atomic E-state index is 0.820. The van der Waals surface area contributed by atoms with Crippen molar-refractivity contribution in [2.75, 3.05) is 13.1 Å². The molecule has 0 aromatic carbocycles. The fourth-order valence-corrected chi connectivity index (χ4v) is 3.21. The zero-order chi connectivity index (χ0) is 8.60. The van der Waals surface area contributed by atoms with E-state index in [4.69, 9.17) is 0 Å². The summed E-state index contributed by atoms with van der Waals surface area (Å²) >= 11 is 2.50. The third kappa shape index (κ3) is 1.95. The van der Waals surface area contributed by atoms with Gasteiger partial charge in [0, 0.05) is 36.0 Å². The van der Waals surface area contributed by atoms with Crippen molar-refractivity contribution in [3.8, 4) is 0 Å². The SMILES string of the molecule is CCC1CN(I)CCC2(CC2)C1. The summed E-state index contributed by atoms with van der Waals surface area (Å²) in [4.78, 5) is 0. The number of hydrogen-bond acceptors (Lipinski definition) is 1. The second-order valence-electron chi connectivity index (χ2n) is 4.60. The Labute approximate surface area is 89.4 Å². The minimum absolute atomic E-state index is 0.820. The number of rotatable bonds is 1.